The number of halogens is 1. The Morgan fingerprint density at radius 1 is 0.641 bits per heavy atom. The summed E-state index contributed by atoms with van der Waals surface area (Å²) in [5.41, 5.74) is 17.8. The molecule has 6 aliphatic rings. The van der Waals surface area contributed by atoms with Gasteiger partial charge in [0.25, 0.3) is 0 Å². The summed E-state index contributed by atoms with van der Waals surface area (Å²) in [4.78, 5) is 42.4. The van der Waals surface area contributed by atoms with Crippen LogP contribution in [-0.2, 0) is 10.8 Å². The van der Waals surface area contributed by atoms with Crippen LogP contribution in [-0.4, -0.2) is 109 Å². The second-order valence-electron chi connectivity index (χ2n) is 17.6. The molecule has 4 aliphatic carbocycles. The van der Waals surface area contributed by atoms with Crippen LogP contribution in [0.2, 0.25) is 12.0 Å². The molecular formula is C47H54BClN14O. The van der Waals surface area contributed by atoms with Crippen LogP contribution in [0.15, 0.2) is 86.0 Å². The van der Waals surface area contributed by atoms with Crippen LogP contribution in [0.4, 0.5) is 29.1 Å². The summed E-state index contributed by atoms with van der Waals surface area (Å²) in [6, 6.07) is 12.1. The molecule has 6 aromatic heterocycles. The minimum atomic E-state index is -0.356. The summed E-state index contributed by atoms with van der Waals surface area (Å²) in [7, 11) is -0.356. The van der Waals surface area contributed by atoms with Gasteiger partial charge in [-0.25, -0.2) is 29.9 Å². The number of nitrogens with two attached hydrogens (primary N) is 1. The number of nitrogens with one attached hydrogen (secondary N) is 2. The van der Waals surface area contributed by atoms with E-state index < -0.39 is 0 Å². The first-order valence-electron chi connectivity index (χ1n) is 22.7. The number of piperazine rings is 2. The summed E-state index contributed by atoms with van der Waals surface area (Å²) in [6.45, 7) is 9.44. The number of hydrogen-bond acceptors (Lipinski definition) is 15. The van der Waals surface area contributed by atoms with Crippen molar-refractivity contribution in [2.24, 2.45) is 0 Å². The number of anilines is 5. The fourth-order valence-electron chi connectivity index (χ4n) is 10.8. The van der Waals surface area contributed by atoms with E-state index in [2.05, 4.69) is 78.3 Å². The zero-order valence-electron chi connectivity index (χ0n) is 36.3. The predicted octanol–water partition coefficient (Wildman–Crippen LogP) is 6.52. The third kappa shape index (κ3) is 8.01. The van der Waals surface area contributed by atoms with Gasteiger partial charge in [-0.15, -0.1) is 0 Å². The maximum atomic E-state index is 9.45. The van der Waals surface area contributed by atoms with Gasteiger partial charge in [-0.2, -0.15) is 0 Å². The minimum absolute atomic E-state index is 0.00210. The molecule has 0 aromatic carbocycles. The topological polar surface area (TPSA) is 183 Å². The Kier molecular flexibility index (Phi) is 11.9. The number of rotatable bonds is 5. The predicted molar refractivity (Wildman–Crippen MR) is 253 cm³/mol. The Morgan fingerprint density at radius 3 is 1.77 bits per heavy atom. The summed E-state index contributed by atoms with van der Waals surface area (Å²) in [5, 5.41) is 16.7. The molecule has 2 saturated carbocycles. The first-order valence-corrected chi connectivity index (χ1v) is 23.1. The second kappa shape index (κ2) is 18.0. The van der Waals surface area contributed by atoms with Crippen LogP contribution in [0.5, 0.6) is 0 Å². The average Bonchev–Trinajstić information content (AvgIpc) is 4.15. The number of hydrogen-bond donors (Lipinski definition) is 4. The van der Waals surface area contributed by atoms with Gasteiger partial charge >= 0.3 is 7.05 Å². The molecule has 6 aromatic rings. The molecule has 328 valence electrons. The van der Waals surface area contributed by atoms with Crippen LogP contribution in [0.1, 0.15) is 73.9 Å². The van der Waals surface area contributed by atoms with E-state index in [0.29, 0.717) is 17.0 Å². The number of pyridine rings is 4. The van der Waals surface area contributed by atoms with Crippen molar-refractivity contribution >= 4 is 47.7 Å². The summed E-state index contributed by atoms with van der Waals surface area (Å²) < 4.78 is 0. The van der Waals surface area contributed by atoms with Gasteiger partial charge < -0.3 is 36.0 Å². The fourth-order valence-corrected chi connectivity index (χ4v) is 10.9. The highest BCUT2D eigenvalue weighted by atomic mass is 35.5. The molecule has 0 amide bonds. The minimum Gasteiger partial charge on any atom is -0.437 e. The highest BCUT2D eigenvalue weighted by molar-refractivity contribution is 6.45. The van der Waals surface area contributed by atoms with E-state index in [1.807, 2.05) is 55.5 Å². The monoisotopic (exact) mass is 876 g/mol. The van der Waals surface area contributed by atoms with E-state index in [-0.39, 0.29) is 17.9 Å². The zero-order chi connectivity index (χ0) is 43.7. The Hall–Kier alpha value is -5.81. The molecule has 8 heterocycles. The Balaban J connectivity index is 0.000000122. The summed E-state index contributed by atoms with van der Waals surface area (Å²) in [5.74, 6) is 1.76. The lowest BCUT2D eigenvalue weighted by atomic mass is 9.80. The Bertz CT molecular complexity index is 2570. The van der Waals surface area contributed by atoms with Crippen LogP contribution in [0.25, 0.3) is 22.3 Å². The number of nitrogen functional groups attached to an aromatic ring is 1. The molecule has 2 aliphatic heterocycles. The molecule has 0 bridgehead atoms. The molecule has 4 fully saturated rings. The van der Waals surface area contributed by atoms with Gasteiger partial charge in [0.2, 0.25) is 11.9 Å². The molecule has 17 heteroatoms. The van der Waals surface area contributed by atoms with Gasteiger partial charge in [-0.05, 0) is 91.2 Å². The molecule has 5 N–H and O–H groups in total. The first-order chi connectivity index (χ1) is 31.3. The van der Waals surface area contributed by atoms with Crippen LogP contribution in [0.3, 0.4) is 0 Å². The molecule has 15 nitrogen and oxygen atoms in total. The normalized spacial score (nSPS) is 18.6. The fraction of sp³-hybridized carbons (Fsp3) is 0.404. The van der Waals surface area contributed by atoms with E-state index in [4.69, 9.17) is 22.3 Å². The van der Waals surface area contributed by atoms with Gasteiger partial charge in [0.15, 0.2) is 0 Å². The third-order valence-corrected chi connectivity index (χ3v) is 14.3. The van der Waals surface area contributed by atoms with Gasteiger partial charge in [-0.3, -0.25) is 9.97 Å². The van der Waals surface area contributed by atoms with Crippen molar-refractivity contribution in [1.82, 2.24) is 50.0 Å². The summed E-state index contributed by atoms with van der Waals surface area (Å²) in [6.07, 6.45) is 24.8. The van der Waals surface area contributed by atoms with Crippen molar-refractivity contribution in [2.45, 2.75) is 69.0 Å². The molecule has 2 saturated heterocycles. The van der Waals surface area contributed by atoms with Gasteiger partial charge in [0, 0.05) is 111 Å². The van der Waals surface area contributed by atoms with Crippen molar-refractivity contribution in [2.75, 3.05) is 73.2 Å². The van der Waals surface area contributed by atoms with Crippen molar-refractivity contribution in [3.05, 3.63) is 114 Å². The number of nitrogens with zero attached hydrogens (tertiary/aromatic N) is 11. The van der Waals surface area contributed by atoms with E-state index in [1.54, 1.807) is 19.1 Å². The SMILES string of the molecule is CB(O)N1CCN(c2ccc(Cl)nc2)CC1.Nc1ncc2c(n1)C1(CCCC1)c1cnccc1-2.c1cc2c(cn1)C1(CCCC1)c1nc(Nc3ccc(N4CCNCC4)cn3)ncc1-2. The molecule has 2 spiro atoms. The smallest absolute Gasteiger partial charge is 0.376 e. The molecule has 0 unspecified atom stereocenters. The van der Waals surface area contributed by atoms with Crippen molar-refractivity contribution < 1.29 is 5.02 Å². The van der Waals surface area contributed by atoms with Gasteiger partial charge in [0.1, 0.15) is 11.0 Å². The van der Waals surface area contributed by atoms with Crippen molar-refractivity contribution in [3.8, 4) is 22.3 Å². The highest BCUT2D eigenvalue weighted by Crippen LogP contribution is 2.57. The standard InChI is InChI=1S/C23H25N7.C14H14N4.C10H15BClN3O/c1-2-7-23(6-1)19-15-25-8-5-17(19)18-14-27-22(29-21(18)23)28-20-4-3-16(13-26-20)30-11-9-24-10-12-30;15-13-17-7-10-9-3-6-16-8-11(9)14(12(10)18-13)4-1-2-5-14;1-11(16)15-6-4-14(5-7-15)9-2-3-10(12)13-8-9/h3-5,8,13-15,24H,1-2,6-7,9-12H2,(H,26,27,28,29);3,6-8H,1-2,4-5H2,(H2,15,17,18);2-3,8,16H,4-7H2,1H3. The van der Waals surface area contributed by atoms with E-state index >= 15 is 0 Å². The van der Waals surface area contributed by atoms with Crippen molar-refractivity contribution in [1.29, 1.82) is 0 Å². The van der Waals surface area contributed by atoms with E-state index in [9.17, 15) is 5.02 Å². The Morgan fingerprint density at radius 2 is 1.20 bits per heavy atom. The maximum absolute atomic E-state index is 9.45. The maximum Gasteiger partial charge on any atom is 0.376 e. The molecule has 12 rings (SSSR count). The second-order valence-corrected chi connectivity index (χ2v) is 18.0. The first kappa shape index (κ1) is 42.2. The van der Waals surface area contributed by atoms with E-state index in [1.165, 1.54) is 47.9 Å². The lowest BCUT2D eigenvalue weighted by Gasteiger charge is -2.36. The quantitative estimate of drug-likeness (QED) is 0.108. The largest absolute Gasteiger partial charge is 0.437 e. The number of aromatic nitrogens is 8. The van der Waals surface area contributed by atoms with Crippen LogP contribution >= 0.6 is 11.6 Å². The average molecular weight is 877 g/mol. The Labute approximate surface area is 379 Å². The van der Waals surface area contributed by atoms with Crippen LogP contribution < -0.4 is 26.2 Å². The van der Waals surface area contributed by atoms with E-state index in [0.717, 1.165) is 118 Å². The summed E-state index contributed by atoms with van der Waals surface area (Å²) >= 11 is 5.74. The molecule has 0 atom stereocenters. The van der Waals surface area contributed by atoms with Gasteiger partial charge in [0.05, 0.1) is 35.2 Å². The number of fused-ring (bicyclic) bond motifs is 10. The van der Waals surface area contributed by atoms with Crippen molar-refractivity contribution in [3.63, 3.8) is 0 Å². The van der Waals surface area contributed by atoms with Gasteiger partial charge in [-0.1, -0.05) is 37.3 Å². The van der Waals surface area contributed by atoms with Crippen LogP contribution in [0, 0.1) is 0 Å². The molecule has 64 heavy (non-hydrogen) atoms. The zero-order valence-corrected chi connectivity index (χ0v) is 37.1. The highest BCUT2D eigenvalue weighted by Gasteiger charge is 2.48. The molecular weight excluding hydrogens is 823 g/mol. The molecule has 0 radical (unpaired) electrons. The lowest BCUT2D eigenvalue weighted by Crippen LogP contribution is -2.51. The third-order valence-electron chi connectivity index (χ3n) is 14.1. The lowest BCUT2D eigenvalue weighted by molar-refractivity contribution is 0.344.